The maximum absolute atomic E-state index is 13.4. The second-order valence-corrected chi connectivity index (χ2v) is 9.42. The van der Waals surface area contributed by atoms with Gasteiger partial charge < -0.3 is 10.1 Å². The van der Waals surface area contributed by atoms with E-state index < -0.39 is 6.04 Å². The van der Waals surface area contributed by atoms with Gasteiger partial charge in [-0.3, -0.25) is 4.79 Å². The van der Waals surface area contributed by atoms with Crippen LogP contribution in [0.15, 0.2) is 65.1 Å². The average molecular weight is 494 g/mol. The number of hydrogen-bond acceptors (Lipinski definition) is 3. The third kappa shape index (κ3) is 5.04. The van der Waals surface area contributed by atoms with Crippen molar-refractivity contribution in [3.63, 3.8) is 0 Å². The Labute approximate surface area is 197 Å². The molecule has 0 bridgehead atoms. The summed E-state index contributed by atoms with van der Waals surface area (Å²) in [5, 5.41) is 5.17. The van der Waals surface area contributed by atoms with Crippen LogP contribution in [-0.2, 0) is 9.53 Å². The number of benzene rings is 3. The number of carbonyl (C=O) groups is 2. The monoisotopic (exact) mass is 493 g/mol. The number of methoxy groups -OCH3 is 1. The summed E-state index contributed by atoms with van der Waals surface area (Å²) in [5.74, 6) is -0.199. The molecule has 1 N–H and O–H groups in total. The summed E-state index contributed by atoms with van der Waals surface area (Å²) in [6, 6.07) is 19.2. The number of fused-ring (bicyclic) bond motifs is 1. The van der Waals surface area contributed by atoms with Crippen LogP contribution in [0, 0.1) is 5.92 Å². The van der Waals surface area contributed by atoms with Gasteiger partial charge in [-0.05, 0) is 52.4 Å². The van der Waals surface area contributed by atoms with Gasteiger partial charge >= 0.3 is 5.97 Å². The molecule has 1 fully saturated rings. The lowest BCUT2D eigenvalue weighted by Gasteiger charge is -2.26. The summed E-state index contributed by atoms with van der Waals surface area (Å²) in [6.07, 6.45) is 6.44. The highest BCUT2D eigenvalue weighted by Crippen LogP contribution is 2.33. The van der Waals surface area contributed by atoms with Crippen molar-refractivity contribution in [3.8, 4) is 11.1 Å². The zero-order chi connectivity index (χ0) is 22.5. The van der Waals surface area contributed by atoms with E-state index in [0.29, 0.717) is 17.9 Å². The molecule has 0 aliphatic heterocycles. The standard InChI is InChI=1S/C27H28BrNO3/c1-32-27(31)25(16-18-8-3-2-4-9-18)29-26(30)23-15-14-20(28)17-24(23)22-13-7-11-19-10-5-6-12-21(19)22/h5-7,10-15,17-18,25H,2-4,8-9,16H2,1H3,(H,29,30)/t25-/m0/s1. The van der Waals surface area contributed by atoms with E-state index in [4.69, 9.17) is 4.74 Å². The maximum Gasteiger partial charge on any atom is 0.328 e. The first-order chi connectivity index (χ1) is 15.6. The highest BCUT2D eigenvalue weighted by molar-refractivity contribution is 9.10. The van der Waals surface area contributed by atoms with Crippen molar-refractivity contribution >= 4 is 38.6 Å². The first-order valence-corrected chi connectivity index (χ1v) is 12.0. The third-order valence-electron chi connectivity index (χ3n) is 6.39. The van der Waals surface area contributed by atoms with E-state index in [2.05, 4.69) is 39.4 Å². The van der Waals surface area contributed by atoms with Crippen molar-refractivity contribution in [1.29, 1.82) is 0 Å². The topological polar surface area (TPSA) is 55.4 Å². The molecule has 166 valence electrons. The van der Waals surface area contributed by atoms with Gasteiger partial charge in [-0.15, -0.1) is 0 Å². The lowest BCUT2D eigenvalue weighted by atomic mass is 9.84. The van der Waals surface area contributed by atoms with E-state index in [9.17, 15) is 9.59 Å². The molecule has 3 aromatic carbocycles. The Balaban J connectivity index is 1.66. The molecule has 1 aliphatic rings. The Morgan fingerprint density at radius 3 is 2.53 bits per heavy atom. The minimum absolute atomic E-state index is 0.258. The average Bonchev–Trinajstić information content (AvgIpc) is 2.83. The van der Waals surface area contributed by atoms with Crippen LogP contribution in [0.2, 0.25) is 0 Å². The summed E-state index contributed by atoms with van der Waals surface area (Å²) in [6.45, 7) is 0. The predicted molar refractivity (Wildman–Crippen MR) is 132 cm³/mol. The second kappa shape index (κ2) is 10.3. The van der Waals surface area contributed by atoms with Gasteiger partial charge in [-0.25, -0.2) is 4.79 Å². The van der Waals surface area contributed by atoms with Crippen LogP contribution in [0.3, 0.4) is 0 Å². The van der Waals surface area contributed by atoms with Crippen LogP contribution in [0.25, 0.3) is 21.9 Å². The van der Waals surface area contributed by atoms with Crippen molar-refractivity contribution in [2.24, 2.45) is 5.92 Å². The number of esters is 1. The second-order valence-electron chi connectivity index (χ2n) is 8.51. The summed E-state index contributed by atoms with van der Waals surface area (Å²) >= 11 is 3.55. The molecular formula is C27H28BrNO3. The Bertz CT molecular complexity index is 1120. The molecule has 1 aliphatic carbocycles. The van der Waals surface area contributed by atoms with Gasteiger partial charge in [0.15, 0.2) is 0 Å². The van der Waals surface area contributed by atoms with Gasteiger partial charge in [0.2, 0.25) is 0 Å². The zero-order valence-corrected chi connectivity index (χ0v) is 19.9. The molecule has 0 aromatic heterocycles. The van der Waals surface area contributed by atoms with Crippen LogP contribution in [-0.4, -0.2) is 25.0 Å². The highest BCUT2D eigenvalue weighted by Gasteiger charge is 2.28. The van der Waals surface area contributed by atoms with Crippen molar-refractivity contribution < 1.29 is 14.3 Å². The number of ether oxygens (including phenoxy) is 1. The van der Waals surface area contributed by atoms with Gasteiger partial charge in [0.25, 0.3) is 5.91 Å². The van der Waals surface area contributed by atoms with E-state index in [1.54, 1.807) is 0 Å². The van der Waals surface area contributed by atoms with Crippen LogP contribution in [0.5, 0.6) is 0 Å². The summed E-state index contributed by atoms with van der Waals surface area (Å²) < 4.78 is 5.91. The minimum atomic E-state index is -0.639. The molecule has 5 heteroatoms. The van der Waals surface area contributed by atoms with Gasteiger partial charge in [-0.2, -0.15) is 0 Å². The van der Waals surface area contributed by atoms with Gasteiger partial charge in [0.05, 0.1) is 7.11 Å². The summed E-state index contributed by atoms with van der Waals surface area (Å²) in [4.78, 5) is 25.9. The van der Waals surface area contributed by atoms with Crippen molar-refractivity contribution in [2.75, 3.05) is 7.11 Å². The predicted octanol–water partition coefficient (Wildman–Crippen LogP) is 6.51. The molecule has 3 aromatic rings. The van der Waals surface area contributed by atoms with Crippen molar-refractivity contribution in [2.45, 2.75) is 44.6 Å². The van der Waals surface area contributed by atoms with Gasteiger partial charge in [0.1, 0.15) is 6.04 Å². The lowest BCUT2D eigenvalue weighted by molar-refractivity contribution is -0.143. The number of nitrogens with one attached hydrogen (secondary N) is 1. The normalized spacial score (nSPS) is 15.3. The fraction of sp³-hybridized carbons (Fsp3) is 0.333. The Kier molecular flexibility index (Phi) is 7.26. The molecule has 0 saturated heterocycles. The van der Waals surface area contributed by atoms with E-state index >= 15 is 0 Å². The van der Waals surface area contributed by atoms with E-state index in [0.717, 1.165) is 39.2 Å². The first kappa shape index (κ1) is 22.5. The SMILES string of the molecule is COC(=O)[C@H](CC1CCCCC1)NC(=O)c1ccc(Br)cc1-c1cccc2ccccc12. The molecule has 0 radical (unpaired) electrons. The smallest absolute Gasteiger partial charge is 0.328 e. The largest absolute Gasteiger partial charge is 0.467 e. The van der Waals surface area contributed by atoms with E-state index in [1.165, 1.54) is 26.4 Å². The molecule has 32 heavy (non-hydrogen) atoms. The van der Waals surface area contributed by atoms with Gasteiger partial charge in [0, 0.05) is 10.0 Å². The molecule has 0 spiro atoms. The molecule has 0 unspecified atom stereocenters. The van der Waals surface area contributed by atoms with Crippen molar-refractivity contribution in [3.05, 3.63) is 70.7 Å². The minimum Gasteiger partial charge on any atom is -0.467 e. The fourth-order valence-electron chi connectivity index (χ4n) is 4.75. The first-order valence-electron chi connectivity index (χ1n) is 11.2. The lowest BCUT2D eigenvalue weighted by Crippen LogP contribution is -2.43. The summed E-state index contributed by atoms with van der Waals surface area (Å²) in [7, 11) is 1.38. The molecular weight excluding hydrogens is 466 g/mol. The Hall–Kier alpha value is -2.66. The molecule has 0 heterocycles. The van der Waals surface area contributed by atoms with Crippen molar-refractivity contribution in [1.82, 2.24) is 5.32 Å². The van der Waals surface area contributed by atoms with E-state index in [1.807, 2.05) is 42.5 Å². The highest BCUT2D eigenvalue weighted by atomic mass is 79.9. The zero-order valence-electron chi connectivity index (χ0n) is 18.3. The third-order valence-corrected chi connectivity index (χ3v) is 6.88. The maximum atomic E-state index is 13.4. The van der Waals surface area contributed by atoms with Gasteiger partial charge in [-0.1, -0.05) is 90.5 Å². The number of halogens is 1. The molecule has 1 amide bonds. The van der Waals surface area contributed by atoms with Crippen LogP contribution in [0.1, 0.15) is 48.9 Å². The quantitative estimate of drug-likeness (QED) is 0.398. The number of carbonyl (C=O) groups excluding carboxylic acids is 2. The van der Waals surface area contributed by atoms with E-state index in [-0.39, 0.29) is 11.9 Å². The van der Waals surface area contributed by atoms with Crippen LogP contribution >= 0.6 is 15.9 Å². The Morgan fingerprint density at radius 2 is 1.75 bits per heavy atom. The number of hydrogen-bond donors (Lipinski definition) is 1. The summed E-state index contributed by atoms with van der Waals surface area (Å²) in [5.41, 5.74) is 2.36. The Morgan fingerprint density at radius 1 is 1.00 bits per heavy atom. The number of amides is 1. The number of rotatable bonds is 6. The van der Waals surface area contributed by atoms with Crippen LogP contribution < -0.4 is 5.32 Å². The molecule has 1 saturated carbocycles. The molecule has 4 rings (SSSR count). The fourth-order valence-corrected chi connectivity index (χ4v) is 5.11. The molecule has 4 nitrogen and oxygen atoms in total. The van der Waals surface area contributed by atoms with Crippen LogP contribution in [0.4, 0.5) is 0 Å². The molecule has 1 atom stereocenters.